The molecular formula is C35H41F2N7O3. The summed E-state index contributed by atoms with van der Waals surface area (Å²) in [6.45, 7) is 4.51. The molecule has 3 aliphatic rings. The highest BCUT2D eigenvalue weighted by atomic mass is 19.3. The number of methoxy groups -OCH3 is 1. The number of carbonyl (C=O) groups excluding carboxylic acids is 1. The van der Waals surface area contributed by atoms with Crippen LogP contribution in [-0.4, -0.2) is 82.8 Å². The van der Waals surface area contributed by atoms with Crippen LogP contribution in [0.2, 0.25) is 0 Å². The van der Waals surface area contributed by atoms with Crippen LogP contribution >= 0.6 is 0 Å². The van der Waals surface area contributed by atoms with Crippen LogP contribution in [0.15, 0.2) is 48.9 Å². The third-order valence-electron chi connectivity index (χ3n) is 10.3. The number of nitrogens with one attached hydrogen (secondary N) is 2. The lowest BCUT2D eigenvalue weighted by molar-refractivity contribution is -0.181. The Morgan fingerprint density at radius 3 is 2.60 bits per heavy atom. The highest BCUT2D eigenvalue weighted by Gasteiger charge is 2.56. The summed E-state index contributed by atoms with van der Waals surface area (Å²) in [5, 5.41) is 6.90. The number of alkyl halides is 2. The predicted molar refractivity (Wildman–Crippen MR) is 175 cm³/mol. The van der Waals surface area contributed by atoms with Gasteiger partial charge in [-0.1, -0.05) is 6.07 Å². The molecule has 0 radical (unpaired) electrons. The molecule has 0 bridgehead atoms. The maximum absolute atomic E-state index is 15.4. The van der Waals surface area contributed by atoms with E-state index < -0.39 is 16.9 Å². The van der Waals surface area contributed by atoms with Crippen LogP contribution in [0.4, 0.5) is 14.6 Å². The number of rotatable bonds is 7. The molecule has 248 valence electrons. The number of aryl methyl sites for hydroxylation is 1. The summed E-state index contributed by atoms with van der Waals surface area (Å²) in [4.78, 5) is 27.9. The fourth-order valence-electron chi connectivity index (χ4n) is 7.47. The Kier molecular flexibility index (Phi) is 8.32. The van der Waals surface area contributed by atoms with Crippen LogP contribution < -0.4 is 10.6 Å². The van der Waals surface area contributed by atoms with Gasteiger partial charge in [0.15, 0.2) is 0 Å². The fourth-order valence-corrected chi connectivity index (χ4v) is 7.47. The maximum atomic E-state index is 15.4. The number of likely N-dealkylation sites (tertiary alicyclic amines) is 1. The minimum Gasteiger partial charge on any atom is -0.378 e. The standard InChI is InChI=1S/C35H41F2N7O3/c1-23(45)41-32-16-27-28(20-43(2)30(27)18-40-32)29-14-25(15-31(42-29)34(46-3)9-13-47-22-34)24-4-5-26(39-17-24)19-44-12-8-33(35(36,37)21-44)6-10-38-11-7-33/h4-5,14-18,20,38H,6-13,19,21-22H2,1-3H3,(H,40,41,45)/t34-/m0/s1. The zero-order valence-corrected chi connectivity index (χ0v) is 27.1. The Labute approximate surface area is 272 Å². The Balaban J connectivity index is 1.21. The van der Waals surface area contributed by atoms with Crippen LogP contribution in [0.25, 0.3) is 33.3 Å². The van der Waals surface area contributed by atoms with Crippen molar-refractivity contribution in [1.29, 1.82) is 0 Å². The summed E-state index contributed by atoms with van der Waals surface area (Å²) in [5.74, 6) is -2.46. The maximum Gasteiger partial charge on any atom is 0.266 e. The average molecular weight is 646 g/mol. The van der Waals surface area contributed by atoms with Crippen LogP contribution in [0.3, 0.4) is 0 Å². The smallest absolute Gasteiger partial charge is 0.266 e. The van der Waals surface area contributed by atoms with Crippen LogP contribution in [0.1, 0.15) is 44.0 Å². The highest BCUT2D eigenvalue weighted by Crippen LogP contribution is 2.50. The van der Waals surface area contributed by atoms with E-state index in [9.17, 15) is 4.79 Å². The van der Waals surface area contributed by atoms with Gasteiger partial charge in [-0.2, -0.15) is 0 Å². The zero-order valence-electron chi connectivity index (χ0n) is 27.1. The van der Waals surface area contributed by atoms with Crippen molar-refractivity contribution in [2.75, 3.05) is 51.8 Å². The second-order valence-corrected chi connectivity index (χ2v) is 13.3. The van der Waals surface area contributed by atoms with Gasteiger partial charge in [0.2, 0.25) is 5.91 Å². The molecule has 12 heteroatoms. The molecule has 3 fully saturated rings. The van der Waals surface area contributed by atoms with E-state index in [1.807, 2.05) is 53.0 Å². The van der Waals surface area contributed by atoms with Gasteiger partial charge >= 0.3 is 0 Å². The summed E-state index contributed by atoms with van der Waals surface area (Å²) in [7, 11) is 3.63. The minimum absolute atomic E-state index is 0.198. The largest absolute Gasteiger partial charge is 0.378 e. The second-order valence-electron chi connectivity index (χ2n) is 13.3. The molecule has 0 aromatic carbocycles. The van der Waals surface area contributed by atoms with Crippen LogP contribution in [0, 0.1) is 5.41 Å². The summed E-state index contributed by atoms with van der Waals surface area (Å²) >= 11 is 0. The molecule has 3 saturated heterocycles. The first-order valence-corrected chi connectivity index (χ1v) is 16.3. The van der Waals surface area contributed by atoms with Gasteiger partial charge in [-0.25, -0.2) is 18.7 Å². The van der Waals surface area contributed by atoms with Gasteiger partial charge in [-0.05, 0) is 68.7 Å². The van der Waals surface area contributed by atoms with Crippen molar-refractivity contribution in [3.8, 4) is 22.4 Å². The van der Waals surface area contributed by atoms with Gasteiger partial charge in [0.1, 0.15) is 11.4 Å². The number of halogens is 2. The SMILES string of the molecule is CO[C@@]1(c2cc(-c3ccc(CN4CCC5(CCNCC5)C(F)(F)C4)nc3)cc(-c3cn(C)c4cnc(NC(C)=O)cc34)n2)CCOC1. The second kappa shape index (κ2) is 12.3. The molecule has 1 spiro atoms. The van der Waals surface area contributed by atoms with Crippen molar-refractivity contribution in [3.05, 3.63) is 60.3 Å². The summed E-state index contributed by atoms with van der Waals surface area (Å²) in [6, 6.07) is 9.83. The van der Waals surface area contributed by atoms with Crippen molar-refractivity contribution >= 4 is 22.6 Å². The summed E-state index contributed by atoms with van der Waals surface area (Å²) < 4.78 is 44.7. The number of nitrogens with zero attached hydrogens (tertiary/aromatic N) is 5. The number of ether oxygens (including phenoxy) is 2. The molecule has 7 heterocycles. The van der Waals surface area contributed by atoms with Crippen molar-refractivity contribution < 1.29 is 23.0 Å². The lowest BCUT2D eigenvalue weighted by atomic mass is 9.69. The Morgan fingerprint density at radius 2 is 1.91 bits per heavy atom. The minimum atomic E-state index is -2.72. The normalized spacial score (nSPS) is 22.6. The Hall–Kier alpha value is -3.84. The van der Waals surface area contributed by atoms with Crippen molar-refractivity contribution in [2.24, 2.45) is 12.5 Å². The number of piperidine rings is 2. The van der Waals surface area contributed by atoms with Crippen molar-refractivity contribution in [2.45, 2.75) is 50.7 Å². The molecule has 0 unspecified atom stereocenters. The lowest BCUT2D eigenvalue weighted by Gasteiger charge is -2.49. The Morgan fingerprint density at radius 1 is 1.09 bits per heavy atom. The monoisotopic (exact) mass is 645 g/mol. The number of hydrogen-bond donors (Lipinski definition) is 2. The van der Waals surface area contributed by atoms with Gasteiger partial charge in [0.25, 0.3) is 5.92 Å². The molecule has 47 heavy (non-hydrogen) atoms. The van der Waals surface area contributed by atoms with Gasteiger partial charge in [-0.3, -0.25) is 14.7 Å². The molecule has 1 atom stereocenters. The quantitative estimate of drug-likeness (QED) is 0.285. The molecule has 10 nitrogen and oxygen atoms in total. The van der Waals surface area contributed by atoms with E-state index in [0.29, 0.717) is 70.9 Å². The van der Waals surface area contributed by atoms with Crippen molar-refractivity contribution in [3.63, 3.8) is 0 Å². The zero-order chi connectivity index (χ0) is 32.8. The van der Waals surface area contributed by atoms with E-state index in [2.05, 4.69) is 15.6 Å². The average Bonchev–Trinajstić information content (AvgIpc) is 3.68. The Bertz CT molecular complexity index is 1780. The number of carbonyl (C=O) groups is 1. The van der Waals surface area contributed by atoms with Gasteiger partial charge in [0.05, 0.1) is 41.9 Å². The number of hydrogen-bond acceptors (Lipinski definition) is 8. The lowest BCUT2D eigenvalue weighted by Crippen LogP contribution is -2.58. The molecular weight excluding hydrogens is 604 g/mol. The van der Waals surface area contributed by atoms with Gasteiger partial charge in [-0.15, -0.1) is 0 Å². The number of anilines is 1. The van der Waals surface area contributed by atoms with Gasteiger partial charge < -0.3 is 24.7 Å². The van der Waals surface area contributed by atoms with E-state index >= 15 is 8.78 Å². The number of aromatic nitrogens is 4. The van der Waals surface area contributed by atoms with Crippen LogP contribution in [0.5, 0.6) is 0 Å². The molecule has 2 N–H and O–H groups in total. The van der Waals surface area contributed by atoms with E-state index in [4.69, 9.17) is 19.4 Å². The van der Waals surface area contributed by atoms with E-state index in [-0.39, 0.29) is 12.5 Å². The first kappa shape index (κ1) is 31.7. The molecule has 4 aromatic heterocycles. The number of fused-ring (bicyclic) bond motifs is 1. The molecule has 3 aliphatic heterocycles. The van der Waals surface area contributed by atoms with E-state index in [0.717, 1.165) is 44.7 Å². The first-order valence-electron chi connectivity index (χ1n) is 16.3. The predicted octanol–water partition coefficient (Wildman–Crippen LogP) is 5.13. The first-order chi connectivity index (χ1) is 22.6. The molecule has 0 saturated carbocycles. The highest BCUT2D eigenvalue weighted by molar-refractivity contribution is 5.98. The van der Waals surface area contributed by atoms with E-state index in [1.54, 1.807) is 19.5 Å². The summed E-state index contributed by atoms with van der Waals surface area (Å²) in [5.41, 5.74) is 4.21. The van der Waals surface area contributed by atoms with Crippen molar-refractivity contribution in [1.82, 2.24) is 29.7 Å². The van der Waals surface area contributed by atoms with Crippen LogP contribution in [-0.2, 0) is 33.5 Å². The molecule has 1 amide bonds. The van der Waals surface area contributed by atoms with E-state index in [1.165, 1.54) is 6.92 Å². The summed E-state index contributed by atoms with van der Waals surface area (Å²) in [6.07, 6.45) is 7.78. The third-order valence-corrected chi connectivity index (χ3v) is 10.3. The number of amides is 1. The third kappa shape index (κ3) is 5.92. The topological polar surface area (TPSA) is 106 Å². The van der Waals surface area contributed by atoms with Gasteiger partial charge in [0, 0.05) is 75.0 Å². The number of pyridine rings is 3. The molecule has 4 aromatic rings. The molecule has 0 aliphatic carbocycles. The fraction of sp³-hybridized carbons (Fsp3) is 0.486. The molecule has 7 rings (SSSR count).